The standard InChI is InChI=1S/C18H16Cl2N2O/c19-16-5-1-14(2-6-16)11-18(23,12-22-10-9-21-13-22)15-3-7-17(20)8-4-15/h1-10,13,23H,11-12H2. The first-order valence-corrected chi connectivity index (χ1v) is 7.99. The lowest BCUT2D eigenvalue weighted by Crippen LogP contribution is -2.33. The molecule has 0 aliphatic carbocycles. The first-order valence-electron chi connectivity index (χ1n) is 7.24. The second-order valence-electron chi connectivity index (χ2n) is 5.58. The highest BCUT2D eigenvalue weighted by Crippen LogP contribution is 2.29. The van der Waals surface area contributed by atoms with E-state index in [1.807, 2.05) is 47.2 Å². The van der Waals surface area contributed by atoms with E-state index in [1.165, 1.54) is 0 Å². The van der Waals surface area contributed by atoms with Gasteiger partial charge in [-0.3, -0.25) is 0 Å². The lowest BCUT2D eigenvalue weighted by atomic mass is 9.87. The van der Waals surface area contributed by atoms with Crippen LogP contribution in [0.2, 0.25) is 10.0 Å². The van der Waals surface area contributed by atoms with E-state index in [9.17, 15) is 5.11 Å². The van der Waals surface area contributed by atoms with Gasteiger partial charge in [-0.05, 0) is 35.4 Å². The van der Waals surface area contributed by atoms with Crippen LogP contribution in [0.3, 0.4) is 0 Å². The van der Waals surface area contributed by atoms with Crippen molar-refractivity contribution in [1.29, 1.82) is 0 Å². The fourth-order valence-electron chi connectivity index (χ4n) is 2.63. The summed E-state index contributed by atoms with van der Waals surface area (Å²) in [4.78, 5) is 4.05. The van der Waals surface area contributed by atoms with Gasteiger partial charge in [0.25, 0.3) is 0 Å². The van der Waals surface area contributed by atoms with Gasteiger partial charge in [0.15, 0.2) is 0 Å². The van der Waals surface area contributed by atoms with Crippen LogP contribution in [0.1, 0.15) is 11.1 Å². The maximum Gasteiger partial charge on any atom is 0.111 e. The zero-order chi connectivity index (χ0) is 16.3. The minimum Gasteiger partial charge on any atom is -0.383 e. The van der Waals surface area contributed by atoms with Crippen LogP contribution in [0.5, 0.6) is 0 Å². The summed E-state index contributed by atoms with van der Waals surface area (Å²) in [6.45, 7) is 0.400. The first-order chi connectivity index (χ1) is 11.0. The van der Waals surface area contributed by atoms with Crippen molar-refractivity contribution in [2.45, 2.75) is 18.6 Å². The average Bonchev–Trinajstić information content (AvgIpc) is 3.03. The van der Waals surface area contributed by atoms with Gasteiger partial charge in [0.1, 0.15) is 5.60 Å². The molecule has 1 unspecified atom stereocenters. The topological polar surface area (TPSA) is 38.0 Å². The number of rotatable bonds is 5. The molecule has 0 saturated heterocycles. The van der Waals surface area contributed by atoms with Crippen LogP contribution >= 0.6 is 23.2 Å². The molecule has 0 saturated carbocycles. The molecule has 1 heterocycles. The largest absolute Gasteiger partial charge is 0.383 e. The Bertz CT molecular complexity index is 755. The molecule has 1 aromatic heterocycles. The van der Waals surface area contributed by atoms with Crippen molar-refractivity contribution in [2.24, 2.45) is 0 Å². The molecule has 5 heteroatoms. The van der Waals surface area contributed by atoms with Gasteiger partial charge in [-0.15, -0.1) is 0 Å². The van der Waals surface area contributed by atoms with Crippen LogP contribution in [-0.4, -0.2) is 14.7 Å². The van der Waals surface area contributed by atoms with E-state index in [2.05, 4.69) is 4.98 Å². The van der Waals surface area contributed by atoms with Gasteiger partial charge < -0.3 is 9.67 Å². The number of nitrogens with zero attached hydrogens (tertiary/aromatic N) is 2. The van der Waals surface area contributed by atoms with Gasteiger partial charge in [0.05, 0.1) is 12.9 Å². The van der Waals surface area contributed by atoms with Crippen molar-refractivity contribution in [1.82, 2.24) is 9.55 Å². The molecule has 0 fully saturated rings. The van der Waals surface area contributed by atoms with Crippen molar-refractivity contribution >= 4 is 23.2 Å². The molecule has 3 nitrogen and oxygen atoms in total. The summed E-state index contributed by atoms with van der Waals surface area (Å²) in [7, 11) is 0. The number of hydrogen-bond acceptors (Lipinski definition) is 2. The molecule has 0 spiro atoms. The molecule has 0 bridgehead atoms. The monoisotopic (exact) mass is 346 g/mol. The summed E-state index contributed by atoms with van der Waals surface area (Å²) < 4.78 is 1.87. The molecule has 23 heavy (non-hydrogen) atoms. The Balaban J connectivity index is 1.94. The van der Waals surface area contributed by atoms with Crippen LogP contribution < -0.4 is 0 Å². The Morgan fingerprint density at radius 3 is 2.13 bits per heavy atom. The highest BCUT2D eigenvalue weighted by molar-refractivity contribution is 6.30. The van der Waals surface area contributed by atoms with E-state index in [-0.39, 0.29) is 0 Å². The molecular formula is C18H16Cl2N2O. The Labute approximate surface area is 145 Å². The maximum atomic E-state index is 11.3. The number of aliphatic hydroxyl groups is 1. The van der Waals surface area contributed by atoms with Crippen LogP contribution in [-0.2, 0) is 18.6 Å². The predicted molar refractivity (Wildman–Crippen MR) is 92.7 cm³/mol. The summed E-state index contributed by atoms with van der Waals surface area (Å²) in [6, 6.07) is 14.8. The van der Waals surface area contributed by atoms with Crippen LogP contribution in [0.25, 0.3) is 0 Å². The van der Waals surface area contributed by atoms with Crippen molar-refractivity contribution in [3.05, 3.63) is 88.4 Å². The van der Waals surface area contributed by atoms with E-state index in [0.29, 0.717) is 23.0 Å². The zero-order valence-electron chi connectivity index (χ0n) is 12.4. The van der Waals surface area contributed by atoms with E-state index in [4.69, 9.17) is 23.2 Å². The van der Waals surface area contributed by atoms with E-state index < -0.39 is 5.60 Å². The minimum atomic E-state index is -1.07. The zero-order valence-corrected chi connectivity index (χ0v) is 13.9. The summed E-state index contributed by atoms with van der Waals surface area (Å²) in [5, 5.41) is 12.7. The lowest BCUT2D eigenvalue weighted by Gasteiger charge is -2.29. The molecule has 2 aromatic carbocycles. The third-order valence-corrected chi connectivity index (χ3v) is 4.30. The number of aromatic nitrogens is 2. The van der Waals surface area contributed by atoms with Gasteiger partial charge >= 0.3 is 0 Å². The van der Waals surface area contributed by atoms with Gasteiger partial charge in [-0.25, -0.2) is 4.98 Å². The Hall–Kier alpha value is -1.81. The third-order valence-electron chi connectivity index (χ3n) is 3.79. The smallest absolute Gasteiger partial charge is 0.111 e. The Morgan fingerprint density at radius 2 is 1.57 bits per heavy atom. The molecule has 0 radical (unpaired) electrons. The second kappa shape index (κ2) is 6.75. The van der Waals surface area contributed by atoms with Crippen molar-refractivity contribution in [3.63, 3.8) is 0 Å². The number of hydrogen-bond donors (Lipinski definition) is 1. The molecule has 0 amide bonds. The van der Waals surface area contributed by atoms with Gasteiger partial charge in [-0.1, -0.05) is 47.5 Å². The SMILES string of the molecule is OC(Cc1ccc(Cl)cc1)(Cn1ccnc1)c1ccc(Cl)cc1. The molecule has 3 rings (SSSR count). The van der Waals surface area contributed by atoms with Gasteiger partial charge in [-0.2, -0.15) is 0 Å². The maximum absolute atomic E-state index is 11.3. The molecule has 0 aliphatic rings. The quantitative estimate of drug-likeness (QED) is 0.746. The summed E-state index contributed by atoms with van der Waals surface area (Å²) in [5.41, 5.74) is 0.747. The second-order valence-corrected chi connectivity index (χ2v) is 6.45. The predicted octanol–water partition coefficient (Wildman–Crippen LogP) is 4.32. The summed E-state index contributed by atoms with van der Waals surface area (Å²) in [6.07, 6.45) is 5.69. The van der Waals surface area contributed by atoms with Crippen molar-refractivity contribution in [2.75, 3.05) is 0 Å². The Morgan fingerprint density at radius 1 is 0.957 bits per heavy atom. The highest BCUT2D eigenvalue weighted by Gasteiger charge is 2.30. The Kier molecular flexibility index (Phi) is 4.71. The normalized spacial score (nSPS) is 13.7. The summed E-state index contributed by atoms with van der Waals surface area (Å²) in [5.74, 6) is 0. The number of halogens is 2. The van der Waals surface area contributed by atoms with Crippen LogP contribution in [0, 0.1) is 0 Å². The molecular weight excluding hydrogens is 331 g/mol. The van der Waals surface area contributed by atoms with E-state index in [0.717, 1.165) is 11.1 Å². The van der Waals surface area contributed by atoms with E-state index in [1.54, 1.807) is 24.7 Å². The number of benzene rings is 2. The van der Waals surface area contributed by atoms with Gasteiger partial charge in [0.2, 0.25) is 0 Å². The lowest BCUT2D eigenvalue weighted by molar-refractivity contribution is 0.0185. The molecule has 1 atom stereocenters. The minimum absolute atomic E-state index is 0.400. The van der Waals surface area contributed by atoms with Crippen LogP contribution in [0.4, 0.5) is 0 Å². The van der Waals surface area contributed by atoms with Crippen molar-refractivity contribution < 1.29 is 5.11 Å². The van der Waals surface area contributed by atoms with E-state index >= 15 is 0 Å². The van der Waals surface area contributed by atoms with Crippen molar-refractivity contribution in [3.8, 4) is 0 Å². The molecule has 3 aromatic rings. The molecule has 118 valence electrons. The molecule has 0 aliphatic heterocycles. The summed E-state index contributed by atoms with van der Waals surface area (Å²) >= 11 is 11.9. The number of imidazole rings is 1. The fourth-order valence-corrected chi connectivity index (χ4v) is 2.88. The molecule has 1 N–H and O–H groups in total. The van der Waals surface area contributed by atoms with Crippen LogP contribution in [0.15, 0.2) is 67.3 Å². The first kappa shape index (κ1) is 16.1. The highest BCUT2D eigenvalue weighted by atomic mass is 35.5. The third kappa shape index (κ3) is 3.94. The fraction of sp³-hybridized carbons (Fsp3) is 0.167. The average molecular weight is 347 g/mol. The van der Waals surface area contributed by atoms with Gasteiger partial charge in [0, 0.05) is 28.9 Å².